The van der Waals surface area contributed by atoms with Crippen LogP contribution in [-0.2, 0) is 17.8 Å². The van der Waals surface area contributed by atoms with Crippen LogP contribution >= 0.6 is 31.9 Å². The van der Waals surface area contributed by atoms with E-state index in [2.05, 4.69) is 42.4 Å². The number of nitrogens with zero attached hydrogens (tertiary/aromatic N) is 1. The summed E-state index contributed by atoms with van der Waals surface area (Å²) < 4.78 is 7.80. The summed E-state index contributed by atoms with van der Waals surface area (Å²) in [5, 5.41) is 4.01. The molecular weight excluding hydrogens is 484 g/mol. The summed E-state index contributed by atoms with van der Waals surface area (Å²) in [6.07, 6.45) is 1.89. The van der Waals surface area contributed by atoms with Crippen LogP contribution < -0.4 is 10.2 Å². The van der Waals surface area contributed by atoms with Crippen LogP contribution in [0.3, 0.4) is 0 Å². The third-order valence-electron chi connectivity index (χ3n) is 3.88. The Morgan fingerprint density at radius 1 is 0.857 bits per heavy atom. The molecule has 0 unspecified atom stereocenters. The molecule has 28 heavy (non-hydrogen) atoms. The fourth-order valence-electron chi connectivity index (χ4n) is 2.40. The van der Waals surface area contributed by atoms with Crippen LogP contribution in [0.1, 0.15) is 16.7 Å². The first kappa shape index (κ1) is 20.3. The average molecular weight is 502 g/mol. The van der Waals surface area contributed by atoms with E-state index in [4.69, 9.17) is 4.74 Å². The lowest BCUT2D eigenvalue weighted by Crippen LogP contribution is -2.19. The summed E-state index contributed by atoms with van der Waals surface area (Å²) in [5.74, 6) is 0.618. The van der Waals surface area contributed by atoms with Crippen LogP contribution in [-0.4, -0.2) is 12.1 Å². The highest BCUT2D eigenvalue weighted by molar-refractivity contribution is 9.10. The first-order chi connectivity index (χ1) is 13.6. The average Bonchev–Trinajstić information content (AvgIpc) is 2.70. The van der Waals surface area contributed by atoms with Gasteiger partial charge >= 0.3 is 0 Å². The summed E-state index contributed by atoms with van der Waals surface area (Å²) in [5.41, 5.74) is 5.45. The molecule has 0 atom stereocenters. The van der Waals surface area contributed by atoms with Crippen LogP contribution in [0.25, 0.3) is 0 Å². The molecular formula is C22H18Br2N2O2. The van der Waals surface area contributed by atoms with Gasteiger partial charge in [-0.1, -0.05) is 56.1 Å². The second-order valence-corrected chi connectivity index (χ2v) is 7.91. The van der Waals surface area contributed by atoms with E-state index in [-0.39, 0.29) is 12.3 Å². The van der Waals surface area contributed by atoms with Gasteiger partial charge in [-0.15, -0.1) is 0 Å². The van der Waals surface area contributed by atoms with Crippen molar-refractivity contribution >= 4 is 44.0 Å². The lowest BCUT2D eigenvalue weighted by Gasteiger charge is -2.06. The zero-order valence-electron chi connectivity index (χ0n) is 14.9. The number of rotatable bonds is 7. The Morgan fingerprint density at radius 3 is 2.04 bits per heavy atom. The fraction of sp³-hybridized carbons (Fsp3) is 0.0909. The summed E-state index contributed by atoms with van der Waals surface area (Å²) in [6.45, 7) is 0.507. The largest absolute Gasteiger partial charge is 0.489 e. The number of hydrogen-bond acceptors (Lipinski definition) is 3. The van der Waals surface area contributed by atoms with E-state index in [1.165, 1.54) is 0 Å². The fourth-order valence-corrected chi connectivity index (χ4v) is 2.93. The summed E-state index contributed by atoms with van der Waals surface area (Å²) in [7, 11) is 0. The molecule has 6 heteroatoms. The molecule has 0 saturated carbocycles. The highest BCUT2D eigenvalue weighted by atomic mass is 79.9. The zero-order chi connectivity index (χ0) is 19.8. The van der Waals surface area contributed by atoms with Gasteiger partial charge in [-0.25, -0.2) is 5.43 Å². The lowest BCUT2D eigenvalue weighted by atomic mass is 10.1. The van der Waals surface area contributed by atoms with Crippen molar-refractivity contribution in [3.05, 3.63) is 98.4 Å². The second kappa shape index (κ2) is 10.2. The minimum absolute atomic E-state index is 0.159. The minimum Gasteiger partial charge on any atom is -0.489 e. The van der Waals surface area contributed by atoms with Crippen LogP contribution in [0.5, 0.6) is 5.75 Å². The van der Waals surface area contributed by atoms with Crippen molar-refractivity contribution in [3.8, 4) is 5.75 Å². The molecule has 0 radical (unpaired) electrons. The normalized spacial score (nSPS) is 10.8. The van der Waals surface area contributed by atoms with Gasteiger partial charge in [-0.05, 0) is 65.2 Å². The number of carbonyl (C=O) groups excluding carboxylic acids is 1. The van der Waals surface area contributed by atoms with E-state index in [0.29, 0.717) is 6.61 Å². The topological polar surface area (TPSA) is 50.7 Å². The van der Waals surface area contributed by atoms with Gasteiger partial charge in [0, 0.05) is 8.95 Å². The number of ether oxygens (including phenoxy) is 1. The van der Waals surface area contributed by atoms with E-state index in [1.807, 2.05) is 72.8 Å². The monoisotopic (exact) mass is 500 g/mol. The molecule has 0 spiro atoms. The van der Waals surface area contributed by atoms with Crippen LogP contribution in [0, 0.1) is 0 Å². The quantitative estimate of drug-likeness (QED) is 0.344. The van der Waals surface area contributed by atoms with E-state index in [1.54, 1.807) is 6.21 Å². The van der Waals surface area contributed by atoms with Gasteiger partial charge in [0.15, 0.2) is 0 Å². The molecule has 0 heterocycles. The van der Waals surface area contributed by atoms with Crippen molar-refractivity contribution in [2.75, 3.05) is 0 Å². The maximum atomic E-state index is 11.9. The second-order valence-electron chi connectivity index (χ2n) is 6.08. The van der Waals surface area contributed by atoms with Crippen LogP contribution in [0.4, 0.5) is 0 Å². The van der Waals surface area contributed by atoms with Crippen molar-refractivity contribution in [2.45, 2.75) is 13.0 Å². The maximum absolute atomic E-state index is 11.9. The van der Waals surface area contributed by atoms with E-state index < -0.39 is 0 Å². The smallest absolute Gasteiger partial charge is 0.244 e. The molecule has 0 saturated heterocycles. The van der Waals surface area contributed by atoms with E-state index in [0.717, 1.165) is 31.4 Å². The molecule has 4 nitrogen and oxygen atoms in total. The van der Waals surface area contributed by atoms with Gasteiger partial charge in [-0.2, -0.15) is 5.10 Å². The highest BCUT2D eigenvalue weighted by Crippen LogP contribution is 2.15. The number of carbonyl (C=O) groups is 1. The molecule has 142 valence electrons. The van der Waals surface area contributed by atoms with Crippen LogP contribution in [0.15, 0.2) is 86.8 Å². The number of hydrogen-bond donors (Lipinski definition) is 1. The maximum Gasteiger partial charge on any atom is 0.244 e. The summed E-state index contributed by atoms with van der Waals surface area (Å²) >= 11 is 6.79. The van der Waals surface area contributed by atoms with Crippen molar-refractivity contribution in [2.24, 2.45) is 5.10 Å². The molecule has 1 amide bonds. The van der Waals surface area contributed by atoms with Gasteiger partial charge < -0.3 is 4.74 Å². The molecule has 0 aliphatic heterocycles. The predicted molar refractivity (Wildman–Crippen MR) is 118 cm³/mol. The minimum atomic E-state index is -0.159. The Morgan fingerprint density at radius 2 is 1.43 bits per heavy atom. The van der Waals surface area contributed by atoms with Gasteiger partial charge in [0.2, 0.25) is 5.91 Å². The number of halogens is 2. The molecule has 0 bridgehead atoms. The molecule has 3 rings (SSSR count). The first-order valence-electron chi connectivity index (χ1n) is 8.62. The van der Waals surface area contributed by atoms with E-state index in [9.17, 15) is 4.79 Å². The SMILES string of the molecule is O=C(Cc1ccc(Br)cc1)N/N=C\c1ccc(OCc2ccc(Br)cc2)cc1. The van der Waals surface area contributed by atoms with Gasteiger partial charge in [0.05, 0.1) is 12.6 Å². The predicted octanol–water partition coefficient (Wildman–Crippen LogP) is 5.48. The number of benzene rings is 3. The van der Waals surface area contributed by atoms with Gasteiger partial charge in [-0.3, -0.25) is 4.79 Å². The Kier molecular flexibility index (Phi) is 7.39. The molecule has 0 aromatic heterocycles. The number of nitrogens with one attached hydrogen (secondary N) is 1. The molecule has 1 N–H and O–H groups in total. The molecule has 3 aromatic rings. The Hall–Kier alpha value is -2.44. The Labute approximate surface area is 180 Å². The van der Waals surface area contributed by atoms with Crippen molar-refractivity contribution in [3.63, 3.8) is 0 Å². The molecule has 0 aliphatic rings. The third kappa shape index (κ3) is 6.62. The van der Waals surface area contributed by atoms with Crippen LogP contribution in [0.2, 0.25) is 0 Å². The Balaban J connectivity index is 1.45. The number of hydrazone groups is 1. The third-order valence-corrected chi connectivity index (χ3v) is 4.94. The zero-order valence-corrected chi connectivity index (χ0v) is 18.1. The molecule has 0 fully saturated rings. The van der Waals surface area contributed by atoms with E-state index >= 15 is 0 Å². The highest BCUT2D eigenvalue weighted by Gasteiger charge is 2.02. The van der Waals surface area contributed by atoms with Crippen molar-refractivity contribution in [1.29, 1.82) is 0 Å². The van der Waals surface area contributed by atoms with Crippen molar-refractivity contribution in [1.82, 2.24) is 5.43 Å². The van der Waals surface area contributed by atoms with Gasteiger partial charge in [0.25, 0.3) is 0 Å². The van der Waals surface area contributed by atoms with Crippen molar-refractivity contribution < 1.29 is 9.53 Å². The first-order valence-corrected chi connectivity index (χ1v) is 10.2. The summed E-state index contributed by atoms with van der Waals surface area (Å²) in [4.78, 5) is 11.9. The van der Waals surface area contributed by atoms with Gasteiger partial charge in [0.1, 0.15) is 12.4 Å². The standard InChI is InChI=1S/C22H18Br2N2O2/c23-19-7-1-16(2-8-19)13-22(27)26-25-14-17-5-11-21(12-6-17)28-15-18-3-9-20(24)10-4-18/h1-12,14H,13,15H2,(H,26,27)/b25-14-. The summed E-state index contributed by atoms with van der Waals surface area (Å²) in [6, 6.07) is 23.2. The molecule has 3 aromatic carbocycles. The molecule has 0 aliphatic carbocycles. The number of amides is 1. The lowest BCUT2D eigenvalue weighted by molar-refractivity contribution is -0.120. The Bertz CT molecular complexity index is 938.